The van der Waals surface area contributed by atoms with E-state index < -0.39 is 5.41 Å². The highest BCUT2D eigenvalue weighted by molar-refractivity contribution is 7.08. The van der Waals surface area contributed by atoms with Crippen LogP contribution in [0.1, 0.15) is 50.4 Å². The molecule has 22 heavy (non-hydrogen) atoms. The van der Waals surface area contributed by atoms with E-state index in [4.69, 9.17) is 4.52 Å². The predicted molar refractivity (Wildman–Crippen MR) is 80.2 cm³/mol. The van der Waals surface area contributed by atoms with E-state index in [2.05, 4.69) is 10.1 Å². The van der Waals surface area contributed by atoms with E-state index in [1.165, 1.54) is 16.2 Å². The van der Waals surface area contributed by atoms with Crippen LogP contribution in [-0.4, -0.2) is 26.9 Å². The Kier molecular flexibility index (Phi) is 3.60. The molecule has 0 aromatic carbocycles. The number of carbonyl (C=O) groups excluding carboxylic acids is 2. The molecule has 0 saturated carbocycles. The minimum Gasteiger partial charge on any atom is -0.339 e. The van der Waals surface area contributed by atoms with Gasteiger partial charge in [-0.25, -0.2) is 0 Å². The minimum absolute atomic E-state index is 0.0631. The molecule has 1 fully saturated rings. The quantitative estimate of drug-likeness (QED) is 0.809. The summed E-state index contributed by atoms with van der Waals surface area (Å²) < 4.78 is 5.12. The number of likely N-dealkylation sites (tertiary alicyclic amines) is 1. The molecule has 1 aliphatic heterocycles. The summed E-state index contributed by atoms with van der Waals surface area (Å²) in [5.41, 5.74) is 0.0937. The highest BCUT2D eigenvalue weighted by Crippen LogP contribution is 2.37. The van der Waals surface area contributed by atoms with Crippen molar-refractivity contribution in [2.24, 2.45) is 0 Å². The summed E-state index contributed by atoms with van der Waals surface area (Å²) in [4.78, 5) is 30.4. The Balaban J connectivity index is 1.83. The Hall–Kier alpha value is -2.02. The molecule has 2 aromatic heterocycles. The Morgan fingerprint density at radius 3 is 2.82 bits per heavy atom. The first-order chi connectivity index (χ1) is 10.4. The maximum Gasteiger partial charge on any atom is 0.240 e. The van der Waals surface area contributed by atoms with Gasteiger partial charge in [0.15, 0.2) is 5.82 Å². The van der Waals surface area contributed by atoms with Gasteiger partial charge in [0.25, 0.3) is 0 Å². The van der Waals surface area contributed by atoms with Gasteiger partial charge in [0, 0.05) is 12.3 Å². The van der Waals surface area contributed by atoms with Gasteiger partial charge in [0.2, 0.25) is 17.7 Å². The molecule has 2 aromatic rings. The molecule has 1 aliphatic rings. The van der Waals surface area contributed by atoms with Crippen LogP contribution in [0, 0.1) is 0 Å². The van der Waals surface area contributed by atoms with Gasteiger partial charge in [-0.1, -0.05) is 19.0 Å². The van der Waals surface area contributed by atoms with E-state index in [0.29, 0.717) is 11.7 Å². The highest BCUT2D eigenvalue weighted by atomic mass is 32.1. The number of rotatable bonds is 4. The monoisotopic (exact) mass is 319 g/mol. The van der Waals surface area contributed by atoms with Crippen molar-refractivity contribution in [2.45, 2.75) is 45.1 Å². The third kappa shape index (κ3) is 2.35. The van der Waals surface area contributed by atoms with Crippen molar-refractivity contribution in [3.05, 3.63) is 34.1 Å². The molecule has 1 atom stereocenters. The van der Waals surface area contributed by atoms with Gasteiger partial charge in [-0.05, 0) is 29.3 Å². The maximum absolute atomic E-state index is 12.7. The summed E-state index contributed by atoms with van der Waals surface area (Å²) >= 11 is 1.52. The highest BCUT2D eigenvalue weighted by Gasteiger charge is 2.49. The Morgan fingerprint density at radius 1 is 1.45 bits per heavy atom. The molecule has 116 valence electrons. The van der Waals surface area contributed by atoms with Gasteiger partial charge in [0.05, 0.1) is 12.0 Å². The van der Waals surface area contributed by atoms with Crippen LogP contribution in [0.25, 0.3) is 0 Å². The number of amides is 2. The molecule has 2 amide bonds. The average Bonchev–Trinajstić information content (AvgIpc) is 3.17. The average molecular weight is 319 g/mol. The number of hydrogen-bond acceptors (Lipinski definition) is 6. The number of imide groups is 1. The summed E-state index contributed by atoms with van der Waals surface area (Å²) in [6.07, 6.45) is 0.178. The van der Waals surface area contributed by atoms with Crippen molar-refractivity contribution in [3.63, 3.8) is 0 Å². The van der Waals surface area contributed by atoms with Gasteiger partial charge < -0.3 is 4.52 Å². The molecule has 0 radical (unpaired) electrons. The number of carbonyl (C=O) groups is 2. The van der Waals surface area contributed by atoms with Crippen LogP contribution in [-0.2, 0) is 21.5 Å². The summed E-state index contributed by atoms with van der Waals surface area (Å²) in [7, 11) is 0. The fraction of sp³-hybridized carbons (Fsp3) is 0.467. The summed E-state index contributed by atoms with van der Waals surface area (Å²) in [6.45, 7) is 5.76. The first-order valence-electron chi connectivity index (χ1n) is 7.12. The molecule has 7 heteroatoms. The first-order valence-corrected chi connectivity index (χ1v) is 8.06. The second-order valence-corrected chi connectivity index (χ2v) is 6.79. The normalized spacial score (nSPS) is 22.1. The Labute approximate surface area is 132 Å². The second kappa shape index (κ2) is 5.31. The molecule has 3 heterocycles. The van der Waals surface area contributed by atoms with Crippen LogP contribution in [0.2, 0.25) is 0 Å². The molecule has 0 aliphatic carbocycles. The first kappa shape index (κ1) is 14.9. The summed E-state index contributed by atoms with van der Waals surface area (Å²) in [6, 6.07) is 1.89. The van der Waals surface area contributed by atoms with Gasteiger partial charge in [-0.15, -0.1) is 0 Å². The molecule has 0 N–H and O–H groups in total. The molecular weight excluding hydrogens is 302 g/mol. The Morgan fingerprint density at radius 2 is 2.23 bits per heavy atom. The largest absolute Gasteiger partial charge is 0.339 e. The van der Waals surface area contributed by atoms with Gasteiger partial charge in [-0.3, -0.25) is 14.5 Å². The van der Waals surface area contributed by atoms with Crippen LogP contribution in [0.15, 0.2) is 21.3 Å². The molecule has 0 spiro atoms. The van der Waals surface area contributed by atoms with Crippen molar-refractivity contribution < 1.29 is 14.1 Å². The van der Waals surface area contributed by atoms with E-state index in [9.17, 15) is 9.59 Å². The fourth-order valence-electron chi connectivity index (χ4n) is 2.56. The smallest absolute Gasteiger partial charge is 0.240 e. The fourth-order valence-corrected chi connectivity index (χ4v) is 3.35. The van der Waals surface area contributed by atoms with Gasteiger partial charge >= 0.3 is 0 Å². The van der Waals surface area contributed by atoms with Crippen LogP contribution >= 0.6 is 11.3 Å². The van der Waals surface area contributed by atoms with E-state index in [1.54, 1.807) is 0 Å². The zero-order valence-electron chi connectivity index (χ0n) is 12.7. The molecule has 0 bridgehead atoms. The SMILES string of the molecule is CC(C)c1nc(CN2C(=O)CC(C)(c3ccsc3)C2=O)no1. The van der Waals surface area contributed by atoms with Crippen molar-refractivity contribution in [2.75, 3.05) is 0 Å². The molecule has 3 rings (SSSR count). The molecule has 1 saturated heterocycles. The zero-order valence-corrected chi connectivity index (χ0v) is 13.5. The Bertz CT molecular complexity index is 707. The van der Waals surface area contributed by atoms with E-state index in [0.717, 1.165) is 5.56 Å². The molecule has 1 unspecified atom stereocenters. The molecular formula is C15H17N3O3S. The summed E-state index contributed by atoms with van der Waals surface area (Å²) in [5.74, 6) is 0.582. The lowest BCUT2D eigenvalue weighted by molar-refractivity contribution is -0.140. The lowest BCUT2D eigenvalue weighted by atomic mass is 9.83. The zero-order chi connectivity index (χ0) is 15.9. The lowest BCUT2D eigenvalue weighted by Gasteiger charge is -2.20. The molecule has 6 nitrogen and oxygen atoms in total. The van der Waals surface area contributed by atoms with Crippen LogP contribution in [0.4, 0.5) is 0 Å². The van der Waals surface area contributed by atoms with Gasteiger partial charge in [0.1, 0.15) is 0 Å². The number of nitrogens with zero attached hydrogens (tertiary/aromatic N) is 3. The number of hydrogen-bond donors (Lipinski definition) is 0. The topological polar surface area (TPSA) is 76.3 Å². The number of thiophene rings is 1. The van der Waals surface area contributed by atoms with E-state index in [1.807, 2.05) is 37.6 Å². The van der Waals surface area contributed by atoms with Crippen LogP contribution in [0.3, 0.4) is 0 Å². The third-order valence-corrected chi connectivity index (χ3v) is 4.64. The number of aromatic nitrogens is 2. The third-order valence-electron chi connectivity index (χ3n) is 3.96. The van der Waals surface area contributed by atoms with Crippen LogP contribution < -0.4 is 0 Å². The maximum atomic E-state index is 12.7. The standard InChI is InChI=1S/C15H17N3O3S/c1-9(2)13-16-11(17-21-13)7-18-12(19)6-15(3,14(18)20)10-4-5-22-8-10/h4-5,8-9H,6-7H2,1-3H3. The van der Waals surface area contributed by atoms with Crippen molar-refractivity contribution >= 4 is 23.2 Å². The van der Waals surface area contributed by atoms with Crippen molar-refractivity contribution in [1.82, 2.24) is 15.0 Å². The minimum atomic E-state index is -0.790. The summed E-state index contributed by atoms with van der Waals surface area (Å²) in [5, 5.41) is 7.68. The lowest BCUT2D eigenvalue weighted by Crippen LogP contribution is -2.36. The van der Waals surface area contributed by atoms with Gasteiger partial charge in [-0.2, -0.15) is 16.3 Å². The van der Waals surface area contributed by atoms with Crippen molar-refractivity contribution in [1.29, 1.82) is 0 Å². The predicted octanol–water partition coefficient (Wildman–Crippen LogP) is 2.47. The van der Waals surface area contributed by atoms with Crippen LogP contribution in [0.5, 0.6) is 0 Å². The second-order valence-electron chi connectivity index (χ2n) is 6.01. The van der Waals surface area contributed by atoms with E-state index >= 15 is 0 Å². The van der Waals surface area contributed by atoms with Crippen molar-refractivity contribution in [3.8, 4) is 0 Å². The van der Waals surface area contributed by atoms with E-state index in [-0.39, 0.29) is 30.7 Å².